The zero-order valence-corrected chi connectivity index (χ0v) is 14.6. The summed E-state index contributed by atoms with van der Waals surface area (Å²) in [6.45, 7) is 4.22. The van der Waals surface area contributed by atoms with Crippen LogP contribution >= 0.6 is 0 Å². The topological polar surface area (TPSA) is 80.7 Å². The van der Waals surface area contributed by atoms with Crippen molar-refractivity contribution in [2.45, 2.75) is 13.8 Å². The standard InChI is InChI=1S/C20H18N4O2/c1-12-7-13(2)9-15(8-12)22-20-21-6-5-16(24-20)14-3-4-18-17(10-14)23-19(25)11-26-18/h3-10H,11H2,1-2H3,(H,23,25)(H,21,22,24)/p+1. The number of anilines is 2. The van der Waals surface area contributed by atoms with E-state index in [0.717, 1.165) is 28.4 Å². The highest BCUT2D eigenvalue weighted by Crippen LogP contribution is 2.28. The number of rotatable bonds is 3. The van der Waals surface area contributed by atoms with Gasteiger partial charge in [-0.3, -0.25) is 0 Å². The summed E-state index contributed by atoms with van der Waals surface area (Å²) in [5, 5.41) is 4.87. The molecule has 0 aliphatic carbocycles. The summed E-state index contributed by atoms with van der Waals surface area (Å²) in [4.78, 5) is 20.5. The highest BCUT2D eigenvalue weighted by atomic mass is 16.5. The van der Waals surface area contributed by atoms with Crippen LogP contribution in [0.4, 0.5) is 17.3 Å². The van der Waals surface area contributed by atoms with Crippen LogP contribution in [0.15, 0.2) is 48.7 Å². The molecule has 1 aliphatic heterocycles. The summed E-state index contributed by atoms with van der Waals surface area (Å²) >= 11 is 0. The summed E-state index contributed by atoms with van der Waals surface area (Å²) in [5.41, 5.74) is 5.78. The average molecular weight is 347 g/mol. The van der Waals surface area contributed by atoms with Gasteiger partial charge in [0.05, 0.1) is 5.69 Å². The summed E-state index contributed by atoms with van der Waals surface area (Å²) in [6, 6.07) is 13.8. The molecule has 26 heavy (non-hydrogen) atoms. The Bertz CT molecular complexity index is 981. The molecule has 3 aromatic rings. The maximum Gasteiger partial charge on any atom is 0.353 e. The first-order chi connectivity index (χ1) is 12.6. The Kier molecular flexibility index (Phi) is 4.10. The molecule has 0 atom stereocenters. The van der Waals surface area contributed by atoms with Crippen molar-refractivity contribution < 1.29 is 14.8 Å². The van der Waals surface area contributed by atoms with E-state index in [0.29, 0.717) is 5.95 Å². The molecular formula is C20H19N4O2+. The molecule has 2 aromatic carbocycles. The number of hydrogen-bond donors (Lipinski definition) is 2. The first kappa shape index (κ1) is 16.2. The van der Waals surface area contributed by atoms with E-state index in [1.165, 1.54) is 11.1 Å². The molecule has 1 aromatic heterocycles. The van der Waals surface area contributed by atoms with E-state index in [1.54, 1.807) is 11.5 Å². The number of hydrogen-bond acceptors (Lipinski definition) is 5. The average Bonchev–Trinajstić information content (AvgIpc) is 2.60. The fraction of sp³-hybridized carbons (Fsp3) is 0.150. The lowest BCUT2D eigenvalue weighted by Crippen LogP contribution is -2.85. The van der Waals surface area contributed by atoms with Gasteiger partial charge < -0.3 is 10.1 Å². The van der Waals surface area contributed by atoms with Crippen molar-refractivity contribution in [2.75, 3.05) is 11.9 Å². The number of aromatic nitrogens is 2. The van der Waals surface area contributed by atoms with E-state index in [4.69, 9.17) is 4.74 Å². The smallest absolute Gasteiger partial charge is 0.353 e. The van der Waals surface area contributed by atoms with Gasteiger partial charge in [0.15, 0.2) is 11.4 Å². The molecule has 0 radical (unpaired) electrons. The number of aryl methyl sites for hydroxylation is 2. The Hall–Kier alpha value is -3.25. The number of carbonyl (C=O) groups excluding carboxylic acids is 1. The van der Waals surface area contributed by atoms with Gasteiger partial charge in [-0.25, -0.2) is 20.1 Å². The van der Waals surface area contributed by atoms with Crippen molar-refractivity contribution in [1.82, 2.24) is 9.97 Å². The zero-order chi connectivity index (χ0) is 18.1. The minimum absolute atomic E-state index is 0.0329. The molecule has 1 aliphatic rings. The van der Waals surface area contributed by atoms with E-state index in [9.17, 15) is 4.79 Å². The quantitative estimate of drug-likeness (QED) is 0.712. The molecule has 6 nitrogen and oxygen atoms in total. The van der Waals surface area contributed by atoms with E-state index < -0.39 is 0 Å². The summed E-state index contributed by atoms with van der Waals surface area (Å²) in [7, 11) is 0. The Labute approximate surface area is 151 Å². The van der Waals surface area contributed by atoms with Gasteiger partial charge in [0.2, 0.25) is 12.6 Å². The van der Waals surface area contributed by atoms with Crippen LogP contribution in [0.2, 0.25) is 0 Å². The molecule has 0 saturated carbocycles. The number of fused-ring (bicyclic) bond motifs is 1. The Morgan fingerprint density at radius 1 is 1.08 bits per heavy atom. The summed E-state index contributed by atoms with van der Waals surface area (Å²) in [5.74, 6) is 1.21. The lowest BCUT2D eigenvalue weighted by Gasteiger charge is -2.14. The molecular weight excluding hydrogens is 328 g/mol. The van der Waals surface area contributed by atoms with E-state index >= 15 is 0 Å². The highest BCUT2D eigenvalue weighted by molar-refractivity contribution is 5.75. The number of nitrogens with one attached hydrogen (secondary N) is 1. The number of quaternary nitrogens is 1. The number of amides is 1. The predicted molar refractivity (Wildman–Crippen MR) is 98.8 cm³/mol. The fourth-order valence-electron chi connectivity index (χ4n) is 3.07. The number of ether oxygens (including phenoxy) is 1. The molecule has 0 fully saturated rings. The number of nitrogens with two attached hydrogens (primary N) is 1. The summed E-state index contributed by atoms with van der Waals surface area (Å²) < 4.78 is 5.43. The SMILES string of the molecule is Cc1cc(C)cc(Nc2nccc(-c3ccc4c(c3)[NH2+]C(=O)CO4)n2)c1. The lowest BCUT2D eigenvalue weighted by atomic mass is 10.1. The van der Waals surface area contributed by atoms with Crippen molar-refractivity contribution in [3.05, 3.63) is 59.8 Å². The number of carbonyl (C=O) groups is 1. The molecule has 3 N–H and O–H groups in total. The van der Waals surface area contributed by atoms with Crippen molar-refractivity contribution >= 4 is 23.2 Å². The molecule has 4 rings (SSSR count). The third-order valence-electron chi connectivity index (χ3n) is 4.13. The second kappa shape index (κ2) is 6.57. The second-order valence-corrected chi connectivity index (χ2v) is 6.42. The van der Waals surface area contributed by atoms with Gasteiger partial charge in [-0.05, 0) is 55.3 Å². The third kappa shape index (κ3) is 3.41. The van der Waals surface area contributed by atoms with Gasteiger partial charge in [-0.1, -0.05) is 6.07 Å². The molecule has 0 unspecified atom stereocenters. The minimum Gasteiger partial charge on any atom is -0.473 e. The van der Waals surface area contributed by atoms with Gasteiger partial charge >= 0.3 is 5.91 Å². The number of nitrogens with zero attached hydrogens (tertiary/aromatic N) is 2. The molecule has 0 spiro atoms. The van der Waals surface area contributed by atoms with Crippen LogP contribution in [0.25, 0.3) is 11.3 Å². The number of primary amides is 1. The normalized spacial score (nSPS) is 13.1. The number of benzene rings is 2. The van der Waals surface area contributed by atoms with Crippen LogP contribution in [0.1, 0.15) is 11.1 Å². The second-order valence-electron chi connectivity index (χ2n) is 6.42. The zero-order valence-electron chi connectivity index (χ0n) is 14.6. The molecule has 0 bridgehead atoms. The van der Waals surface area contributed by atoms with Crippen LogP contribution in [-0.2, 0) is 4.79 Å². The minimum atomic E-state index is -0.0329. The van der Waals surface area contributed by atoms with E-state index in [-0.39, 0.29) is 12.5 Å². The maximum atomic E-state index is 11.6. The van der Waals surface area contributed by atoms with Gasteiger partial charge in [-0.2, -0.15) is 0 Å². The largest absolute Gasteiger partial charge is 0.473 e. The van der Waals surface area contributed by atoms with Crippen LogP contribution in [-0.4, -0.2) is 22.5 Å². The molecule has 130 valence electrons. The van der Waals surface area contributed by atoms with E-state index in [2.05, 4.69) is 47.3 Å². The monoisotopic (exact) mass is 347 g/mol. The fourth-order valence-corrected chi connectivity index (χ4v) is 3.07. The van der Waals surface area contributed by atoms with Crippen molar-refractivity contribution in [2.24, 2.45) is 0 Å². The molecule has 1 amide bonds. The first-order valence-electron chi connectivity index (χ1n) is 8.40. The molecule has 6 heteroatoms. The summed E-state index contributed by atoms with van der Waals surface area (Å²) in [6.07, 6.45) is 1.72. The van der Waals surface area contributed by atoms with Gasteiger partial charge in [0, 0.05) is 23.5 Å². The Balaban J connectivity index is 1.63. The van der Waals surface area contributed by atoms with Crippen LogP contribution in [0, 0.1) is 13.8 Å². The third-order valence-corrected chi connectivity index (χ3v) is 4.13. The van der Waals surface area contributed by atoms with Crippen molar-refractivity contribution in [1.29, 1.82) is 0 Å². The Morgan fingerprint density at radius 2 is 1.88 bits per heavy atom. The van der Waals surface area contributed by atoms with Gasteiger partial charge in [0.1, 0.15) is 0 Å². The highest BCUT2D eigenvalue weighted by Gasteiger charge is 2.21. The predicted octanol–water partition coefficient (Wildman–Crippen LogP) is 2.62. The molecule has 0 saturated heterocycles. The van der Waals surface area contributed by atoms with Crippen LogP contribution in [0.5, 0.6) is 5.75 Å². The van der Waals surface area contributed by atoms with Crippen LogP contribution < -0.4 is 15.4 Å². The molecule has 2 heterocycles. The van der Waals surface area contributed by atoms with Crippen molar-refractivity contribution in [3.8, 4) is 17.0 Å². The lowest BCUT2D eigenvalue weighted by molar-refractivity contribution is -0.490. The van der Waals surface area contributed by atoms with Crippen LogP contribution in [0.3, 0.4) is 0 Å². The van der Waals surface area contributed by atoms with E-state index in [1.807, 2.05) is 24.3 Å². The van der Waals surface area contributed by atoms with Gasteiger partial charge in [-0.15, -0.1) is 0 Å². The first-order valence-corrected chi connectivity index (χ1v) is 8.40. The maximum absolute atomic E-state index is 11.6. The Morgan fingerprint density at radius 3 is 2.69 bits per heavy atom. The van der Waals surface area contributed by atoms with Crippen molar-refractivity contribution in [3.63, 3.8) is 0 Å². The van der Waals surface area contributed by atoms with Gasteiger partial charge in [0.25, 0.3) is 0 Å².